The standard InChI is InChI=1S/C10H14FNO/c1-12(2)10(7-13)8-4-3-5-9(11)6-8/h3-6,10,13H,7H2,1-2H3/t10-/m1/s1. The molecule has 1 aromatic rings. The van der Waals surface area contributed by atoms with Gasteiger partial charge in [-0.2, -0.15) is 0 Å². The first kappa shape index (κ1) is 10.2. The lowest BCUT2D eigenvalue weighted by Gasteiger charge is -2.22. The van der Waals surface area contributed by atoms with Gasteiger partial charge in [0.25, 0.3) is 0 Å². The molecule has 0 aliphatic rings. The van der Waals surface area contributed by atoms with E-state index in [1.807, 2.05) is 25.1 Å². The summed E-state index contributed by atoms with van der Waals surface area (Å²) < 4.78 is 12.8. The molecule has 0 saturated heterocycles. The lowest BCUT2D eigenvalue weighted by molar-refractivity contribution is 0.170. The van der Waals surface area contributed by atoms with E-state index in [4.69, 9.17) is 5.11 Å². The molecule has 0 fully saturated rings. The quantitative estimate of drug-likeness (QED) is 0.766. The monoisotopic (exact) mass is 183 g/mol. The van der Waals surface area contributed by atoms with Crippen LogP contribution in [0.15, 0.2) is 24.3 Å². The fourth-order valence-corrected chi connectivity index (χ4v) is 1.28. The number of aliphatic hydroxyl groups excluding tert-OH is 1. The maximum atomic E-state index is 12.8. The van der Waals surface area contributed by atoms with Crippen molar-refractivity contribution in [3.63, 3.8) is 0 Å². The minimum Gasteiger partial charge on any atom is -0.394 e. The van der Waals surface area contributed by atoms with Crippen LogP contribution >= 0.6 is 0 Å². The third-order valence-corrected chi connectivity index (χ3v) is 2.03. The minimum absolute atomic E-state index is 0.00352. The summed E-state index contributed by atoms with van der Waals surface area (Å²) >= 11 is 0. The van der Waals surface area contributed by atoms with Gasteiger partial charge < -0.3 is 10.0 Å². The molecular formula is C10H14FNO. The molecule has 13 heavy (non-hydrogen) atoms. The van der Waals surface area contributed by atoms with Crippen molar-refractivity contribution in [3.8, 4) is 0 Å². The second kappa shape index (κ2) is 4.35. The van der Waals surface area contributed by atoms with Crippen LogP contribution in [-0.4, -0.2) is 30.7 Å². The first-order valence-electron chi connectivity index (χ1n) is 4.18. The topological polar surface area (TPSA) is 23.5 Å². The van der Waals surface area contributed by atoms with E-state index >= 15 is 0 Å². The highest BCUT2D eigenvalue weighted by Gasteiger charge is 2.12. The number of rotatable bonds is 3. The Balaban J connectivity index is 2.91. The van der Waals surface area contributed by atoms with E-state index in [1.54, 1.807) is 6.07 Å². The SMILES string of the molecule is CN(C)[C@H](CO)c1cccc(F)c1. The highest BCUT2D eigenvalue weighted by molar-refractivity contribution is 5.20. The van der Waals surface area contributed by atoms with Crippen molar-refractivity contribution in [2.45, 2.75) is 6.04 Å². The Kier molecular flexibility index (Phi) is 3.39. The van der Waals surface area contributed by atoms with Crippen molar-refractivity contribution >= 4 is 0 Å². The van der Waals surface area contributed by atoms with Crippen LogP contribution in [0.5, 0.6) is 0 Å². The van der Waals surface area contributed by atoms with Crippen molar-refractivity contribution in [1.82, 2.24) is 4.90 Å². The average molecular weight is 183 g/mol. The molecule has 1 N–H and O–H groups in total. The van der Waals surface area contributed by atoms with Crippen LogP contribution in [0.3, 0.4) is 0 Å². The van der Waals surface area contributed by atoms with Crippen LogP contribution in [0.25, 0.3) is 0 Å². The molecule has 0 amide bonds. The fraction of sp³-hybridized carbons (Fsp3) is 0.400. The van der Waals surface area contributed by atoms with E-state index in [1.165, 1.54) is 12.1 Å². The molecule has 0 heterocycles. The molecule has 1 atom stereocenters. The van der Waals surface area contributed by atoms with Gasteiger partial charge in [-0.05, 0) is 31.8 Å². The predicted molar refractivity (Wildman–Crippen MR) is 49.9 cm³/mol. The summed E-state index contributed by atoms with van der Waals surface area (Å²) in [4.78, 5) is 1.86. The molecule has 1 aromatic carbocycles. The molecule has 0 spiro atoms. The molecular weight excluding hydrogens is 169 g/mol. The number of likely N-dealkylation sites (N-methyl/N-ethyl adjacent to an activating group) is 1. The summed E-state index contributed by atoms with van der Waals surface area (Å²) in [6.07, 6.45) is 0. The van der Waals surface area contributed by atoms with Gasteiger partial charge in [0.05, 0.1) is 12.6 Å². The van der Waals surface area contributed by atoms with E-state index in [9.17, 15) is 4.39 Å². The molecule has 0 aliphatic carbocycles. The molecule has 0 aromatic heterocycles. The van der Waals surface area contributed by atoms with Gasteiger partial charge in [0.2, 0.25) is 0 Å². The summed E-state index contributed by atoms with van der Waals surface area (Å²) in [5.74, 6) is -0.266. The van der Waals surface area contributed by atoms with Crippen LogP contribution in [-0.2, 0) is 0 Å². The first-order valence-corrected chi connectivity index (χ1v) is 4.18. The molecule has 0 radical (unpaired) electrons. The second-order valence-corrected chi connectivity index (χ2v) is 3.22. The lowest BCUT2D eigenvalue weighted by atomic mass is 10.1. The molecule has 72 valence electrons. The molecule has 0 unspecified atom stereocenters. The van der Waals surface area contributed by atoms with Gasteiger partial charge in [0.15, 0.2) is 0 Å². The van der Waals surface area contributed by atoms with Gasteiger partial charge in [0, 0.05) is 0 Å². The van der Waals surface area contributed by atoms with E-state index in [2.05, 4.69) is 0 Å². The molecule has 0 aliphatic heterocycles. The zero-order valence-electron chi connectivity index (χ0n) is 7.87. The number of benzene rings is 1. The first-order chi connectivity index (χ1) is 6.15. The fourth-order valence-electron chi connectivity index (χ4n) is 1.28. The molecule has 0 bridgehead atoms. The van der Waals surface area contributed by atoms with Crippen molar-refractivity contribution in [2.24, 2.45) is 0 Å². The number of halogens is 1. The van der Waals surface area contributed by atoms with E-state index < -0.39 is 0 Å². The van der Waals surface area contributed by atoms with Crippen molar-refractivity contribution in [1.29, 1.82) is 0 Å². The Morgan fingerprint density at radius 1 is 1.46 bits per heavy atom. The summed E-state index contributed by atoms with van der Waals surface area (Å²) in [5.41, 5.74) is 0.799. The maximum absolute atomic E-state index is 12.8. The number of hydrogen-bond acceptors (Lipinski definition) is 2. The van der Waals surface area contributed by atoms with Crippen molar-refractivity contribution < 1.29 is 9.50 Å². The zero-order valence-corrected chi connectivity index (χ0v) is 7.87. The zero-order chi connectivity index (χ0) is 9.84. The van der Waals surface area contributed by atoms with Crippen LogP contribution in [0.4, 0.5) is 4.39 Å². The molecule has 2 nitrogen and oxygen atoms in total. The van der Waals surface area contributed by atoms with Gasteiger partial charge in [-0.25, -0.2) is 4.39 Å². The normalized spacial score (nSPS) is 13.3. The Labute approximate surface area is 77.6 Å². The average Bonchev–Trinajstić information content (AvgIpc) is 2.04. The highest BCUT2D eigenvalue weighted by Crippen LogP contribution is 2.17. The molecule has 3 heteroatoms. The van der Waals surface area contributed by atoms with Crippen LogP contribution in [0.2, 0.25) is 0 Å². The largest absolute Gasteiger partial charge is 0.394 e. The van der Waals surface area contributed by atoms with Crippen LogP contribution in [0.1, 0.15) is 11.6 Å². The van der Waals surface area contributed by atoms with Gasteiger partial charge in [-0.15, -0.1) is 0 Å². The van der Waals surface area contributed by atoms with Gasteiger partial charge in [0.1, 0.15) is 5.82 Å². The summed E-state index contributed by atoms with van der Waals surface area (Å²) in [6.45, 7) is -0.00352. The van der Waals surface area contributed by atoms with Crippen LogP contribution in [0, 0.1) is 5.82 Å². The summed E-state index contributed by atoms with van der Waals surface area (Å²) in [5, 5.41) is 9.08. The Morgan fingerprint density at radius 2 is 2.15 bits per heavy atom. The third-order valence-electron chi connectivity index (χ3n) is 2.03. The summed E-state index contributed by atoms with van der Waals surface area (Å²) in [7, 11) is 3.71. The van der Waals surface area contributed by atoms with Crippen molar-refractivity contribution in [3.05, 3.63) is 35.6 Å². The smallest absolute Gasteiger partial charge is 0.123 e. The van der Waals surface area contributed by atoms with E-state index in [-0.39, 0.29) is 18.5 Å². The van der Waals surface area contributed by atoms with Gasteiger partial charge >= 0.3 is 0 Å². The number of hydrogen-bond donors (Lipinski definition) is 1. The Hall–Kier alpha value is -0.930. The van der Waals surface area contributed by atoms with Gasteiger partial charge in [-0.1, -0.05) is 12.1 Å². The lowest BCUT2D eigenvalue weighted by Crippen LogP contribution is -2.23. The highest BCUT2D eigenvalue weighted by atomic mass is 19.1. The molecule has 1 rings (SSSR count). The summed E-state index contributed by atoms with van der Waals surface area (Å²) in [6, 6.07) is 6.17. The van der Waals surface area contributed by atoms with Crippen LogP contribution < -0.4 is 0 Å². The van der Waals surface area contributed by atoms with E-state index in [0.29, 0.717) is 0 Å². The Bertz CT molecular complexity index is 275. The number of aliphatic hydroxyl groups is 1. The predicted octanol–water partition coefficient (Wildman–Crippen LogP) is 1.42. The molecule has 0 saturated carbocycles. The van der Waals surface area contributed by atoms with Gasteiger partial charge in [-0.3, -0.25) is 0 Å². The second-order valence-electron chi connectivity index (χ2n) is 3.22. The third kappa shape index (κ3) is 2.50. The minimum atomic E-state index is -0.266. The van der Waals surface area contributed by atoms with Crippen molar-refractivity contribution in [2.75, 3.05) is 20.7 Å². The van der Waals surface area contributed by atoms with E-state index in [0.717, 1.165) is 5.56 Å². The number of nitrogens with zero attached hydrogens (tertiary/aromatic N) is 1. The maximum Gasteiger partial charge on any atom is 0.123 e. The Morgan fingerprint density at radius 3 is 2.62 bits per heavy atom.